The summed E-state index contributed by atoms with van der Waals surface area (Å²) in [5.74, 6) is -0.0329. The normalized spacial score (nSPS) is 22.9. The minimum atomic E-state index is -0.194. The average Bonchev–Trinajstić information content (AvgIpc) is 2.41. The first-order valence-corrected chi connectivity index (χ1v) is 6.87. The zero-order valence-electron chi connectivity index (χ0n) is 11.6. The summed E-state index contributed by atoms with van der Waals surface area (Å²) in [6, 6.07) is 5.99. The summed E-state index contributed by atoms with van der Waals surface area (Å²) in [5, 5.41) is 15.6. The topological polar surface area (TPSA) is 61.4 Å². The van der Waals surface area contributed by atoms with Gasteiger partial charge in [0.05, 0.1) is 11.7 Å². The summed E-state index contributed by atoms with van der Waals surface area (Å²) in [6.07, 6.45) is 3.07. The third-order valence-corrected chi connectivity index (χ3v) is 3.72. The van der Waals surface area contributed by atoms with Crippen LogP contribution in [0.25, 0.3) is 0 Å². The van der Waals surface area contributed by atoms with E-state index in [1.54, 1.807) is 0 Å². The van der Waals surface area contributed by atoms with Gasteiger partial charge in [0.1, 0.15) is 0 Å². The van der Waals surface area contributed by atoms with E-state index in [4.69, 9.17) is 0 Å². The van der Waals surface area contributed by atoms with E-state index in [0.29, 0.717) is 5.56 Å². The molecule has 0 radical (unpaired) electrons. The van der Waals surface area contributed by atoms with Crippen LogP contribution in [-0.2, 0) is 0 Å². The molecule has 4 heteroatoms. The maximum Gasteiger partial charge on any atom is 0.253 e. The van der Waals surface area contributed by atoms with E-state index in [-0.39, 0.29) is 18.1 Å². The van der Waals surface area contributed by atoms with Crippen molar-refractivity contribution >= 4 is 11.6 Å². The second-order valence-corrected chi connectivity index (χ2v) is 5.28. The van der Waals surface area contributed by atoms with E-state index >= 15 is 0 Å². The lowest BCUT2D eigenvalue weighted by atomic mass is 9.93. The van der Waals surface area contributed by atoms with Crippen LogP contribution in [0.2, 0.25) is 0 Å². The van der Waals surface area contributed by atoms with Crippen molar-refractivity contribution in [2.75, 3.05) is 12.4 Å². The lowest BCUT2D eigenvalue weighted by molar-refractivity contribution is 0.0868. The maximum atomic E-state index is 12.3. The predicted molar refractivity (Wildman–Crippen MR) is 76.5 cm³/mol. The molecule has 0 spiro atoms. The van der Waals surface area contributed by atoms with Crippen LogP contribution in [0, 0.1) is 6.92 Å². The number of aliphatic hydroxyl groups is 1. The third kappa shape index (κ3) is 3.47. The van der Waals surface area contributed by atoms with E-state index in [0.717, 1.165) is 36.9 Å². The summed E-state index contributed by atoms with van der Waals surface area (Å²) in [5.41, 5.74) is 2.61. The zero-order valence-corrected chi connectivity index (χ0v) is 11.6. The monoisotopic (exact) mass is 262 g/mol. The van der Waals surface area contributed by atoms with Gasteiger partial charge >= 0.3 is 0 Å². The molecular formula is C15H22N2O2. The highest BCUT2D eigenvalue weighted by atomic mass is 16.3. The zero-order chi connectivity index (χ0) is 13.8. The highest BCUT2D eigenvalue weighted by Crippen LogP contribution is 2.21. The number of hydrogen-bond acceptors (Lipinski definition) is 3. The third-order valence-electron chi connectivity index (χ3n) is 3.72. The maximum absolute atomic E-state index is 12.3. The first kappa shape index (κ1) is 13.9. The van der Waals surface area contributed by atoms with Gasteiger partial charge in [-0.2, -0.15) is 0 Å². The molecule has 1 amide bonds. The molecule has 1 aromatic rings. The van der Waals surface area contributed by atoms with Crippen molar-refractivity contribution in [3.05, 3.63) is 29.3 Å². The van der Waals surface area contributed by atoms with Crippen LogP contribution < -0.4 is 10.6 Å². The summed E-state index contributed by atoms with van der Waals surface area (Å²) in [4.78, 5) is 12.3. The van der Waals surface area contributed by atoms with Gasteiger partial charge in [-0.1, -0.05) is 11.6 Å². The first-order chi connectivity index (χ1) is 9.10. The van der Waals surface area contributed by atoms with Crippen LogP contribution >= 0.6 is 0 Å². The molecule has 2 rings (SSSR count). The molecule has 1 saturated carbocycles. The second kappa shape index (κ2) is 6.06. The lowest BCUT2D eigenvalue weighted by Crippen LogP contribution is -2.38. The van der Waals surface area contributed by atoms with Crippen LogP contribution in [0.4, 0.5) is 5.69 Å². The number of rotatable bonds is 3. The van der Waals surface area contributed by atoms with Crippen molar-refractivity contribution in [2.24, 2.45) is 0 Å². The van der Waals surface area contributed by atoms with Gasteiger partial charge in [-0.05, 0) is 44.7 Å². The molecule has 4 nitrogen and oxygen atoms in total. The van der Waals surface area contributed by atoms with E-state index < -0.39 is 0 Å². The van der Waals surface area contributed by atoms with Gasteiger partial charge < -0.3 is 15.7 Å². The van der Waals surface area contributed by atoms with Gasteiger partial charge in [-0.15, -0.1) is 0 Å². The smallest absolute Gasteiger partial charge is 0.253 e. The van der Waals surface area contributed by atoms with Crippen molar-refractivity contribution in [2.45, 2.75) is 44.8 Å². The van der Waals surface area contributed by atoms with Crippen molar-refractivity contribution < 1.29 is 9.90 Å². The fraction of sp³-hybridized carbons (Fsp3) is 0.533. The molecule has 0 unspecified atom stereocenters. The molecule has 0 aliphatic heterocycles. The SMILES string of the molecule is CNc1ccc(C)cc1C(=O)NC1CCC(O)CC1. The summed E-state index contributed by atoms with van der Waals surface area (Å²) < 4.78 is 0. The van der Waals surface area contributed by atoms with Gasteiger partial charge in [0.2, 0.25) is 0 Å². The van der Waals surface area contributed by atoms with Crippen molar-refractivity contribution in [3.8, 4) is 0 Å². The standard InChI is InChI=1S/C15H22N2O2/c1-10-3-8-14(16-2)13(9-10)15(19)17-11-4-6-12(18)7-5-11/h3,8-9,11-12,16,18H,4-7H2,1-2H3,(H,17,19). The van der Waals surface area contributed by atoms with Crippen LogP contribution in [0.1, 0.15) is 41.6 Å². The molecule has 0 saturated heterocycles. The Morgan fingerprint density at radius 3 is 2.58 bits per heavy atom. The van der Waals surface area contributed by atoms with E-state index in [2.05, 4.69) is 10.6 Å². The fourth-order valence-electron chi connectivity index (χ4n) is 2.55. The van der Waals surface area contributed by atoms with Gasteiger partial charge in [0.25, 0.3) is 5.91 Å². The van der Waals surface area contributed by atoms with E-state index in [1.807, 2.05) is 32.2 Å². The number of amides is 1. The quantitative estimate of drug-likeness (QED) is 0.781. The Labute approximate surface area is 114 Å². The Bertz CT molecular complexity index is 451. The Balaban J connectivity index is 2.05. The number of carbonyl (C=O) groups is 1. The second-order valence-electron chi connectivity index (χ2n) is 5.28. The highest BCUT2D eigenvalue weighted by Gasteiger charge is 2.22. The Kier molecular flexibility index (Phi) is 4.43. The molecule has 19 heavy (non-hydrogen) atoms. The molecule has 0 bridgehead atoms. The highest BCUT2D eigenvalue weighted by molar-refractivity contribution is 6.00. The number of nitrogens with one attached hydrogen (secondary N) is 2. The first-order valence-electron chi connectivity index (χ1n) is 6.87. The Morgan fingerprint density at radius 1 is 1.26 bits per heavy atom. The summed E-state index contributed by atoms with van der Waals surface area (Å²) in [7, 11) is 1.82. The van der Waals surface area contributed by atoms with Gasteiger partial charge in [-0.3, -0.25) is 4.79 Å². The molecule has 0 heterocycles. The Hall–Kier alpha value is -1.55. The number of aliphatic hydroxyl groups excluding tert-OH is 1. The van der Waals surface area contributed by atoms with Gasteiger partial charge in [0, 0.05) is 18.8 Å². The molecular weight excluding hydrogens is 240 g/mol. The average molecular weight is 262 g/mol. The fourth-order valence-corrected chi connectivity index (χ4v) is 2.55. The summed E-state index contributed by atoms with van der Waals surface area (Å²) in [6.45, 7) is 1.98. The minimum Gasteiger partial charge on any atom is -0.393 e. The van der Waals surface area contributed by atoms with E-state index in [9.17, 15) is 9.90 Å². The number of anilines is 1. The summed E-state index contributed by atoms with van der Waals surface area (Å²) >= 11 is 0. The van der Waals surface area contributed by atoms with Crippen molar-refractivity contribution in [1.29, 1.82) is 0 Å². The molecule has 0 atom stereocenters. The minimum absolute atomic E-state index is 0.0329. The van der Waals surface area contributed by atoms with Crippen LogP contribution in [0.3, 0.4) is 0 Å². The van der Waals surface area contributed by atoms with E-state index in [1.165, 1.54) is 0 Å². The van der Waals surface area contributed by atoms with Crippen LogP contribution in [0.5, 0.6) is 0 Å². The molecule has 104 valence electrons. The molecule has 0 aromatic heterocycles. The van der Waals surface area contributed by atoms with Crippen LogP contribution in [-0.4, -0.2) is 30.2 Å². The van der Waals surface area contributed by atoms with Crippen molar-refractivity contribution in [1.82, 2.24) is 5.32 Å². The Morgan fingerprint density at radius 2 is 1.95 bits per heavy atom. The lowest BCUT2D eigenvalue weighted by Gasteiger charge is -2.26. The number of benzene rings is 1. The molecule has 1 fully saturated rings. The predicted octanol–water partition coefficient (Wildman–Crippen LogP) is 2.07. The molecule has 1 aliphatic rings. The van der Waals surface area contributed by atoms with Gasteiger partial charge in [0.15, 0.2) is 0 Å². The number of hydrogen-bond donors (Lipinski definition) is 3. The van der Waals surface area contributed by atoms with Crippen LogP contribution in [0.15, 0.2) is 18.2 Å². The molecule has 1 aliphatic carbocycles. The molecule has 1 aromatic carbocycles. The largest absolute Gasteiger partial charge is 0.393 e. The molecule has 3 N–H and O–H groups in total. The van der Waals surface area contributed by atoms with Gasteiger partial charge in [-0.25, -0.2) is 0 Å². The number of aryl methyl sites for hydroxylation is 1. The number of carbonyl (C=O) groups excluding carboxylic acids is 1. The van der Waals surface area contributed by atoms with Crippen molar-refractivity contribution in [3.63, 3.8) is 0 Å².